The molecule has 0 atom stereocenters. The van der Waals surface area contributed by atoms with Gasteiger partial charge in [-0.1, -0.05) is 12.8 Å². The van der Waals surface area contributed by atoms with Crippen molar-refractivity contribution >= 4 is 11.7 Å². The Kier molecular flexibility index (Phi) is 4.22. The van der Waals surface area contributed by atoms with Crippen LogP contribution in [0.15, 0.2) is 4.52 Å². The summed E-state index contributed by atoms with van der Waals surface area (Å²) in [4.78, 5) is 16.8. The fourth-order valence-corrected chi connectivity index (χ4v) is 1.94. The molecule has 1 aromatic rings. The number of carbonyl (C=O) groups is 1. The predicted molar refractivity (Wildman–Crippen MR) is 59.7 cm³/mol. The summed E-state index contributed by atoms with van der Waals surface area (Å²) >= 11 is 0. The predicted octanol–water partition coefficient (Wildman–Crippen LogP) is 1.83. The van der Waals surface area contributed by atoms with Crippen LogP contribution in [0.25, 0.3) is 0 Å². The molecule has 5 nitrogen and oxygen atoms in total. The molecule has 1 aliphatic rings. The maximum Gasteiger partial charge on any atom is 0.296 e. The first-order valence-corrected chi connectivity index (χ1v) is 6.05. The van der Waals surface area contributed by atoms with E-state index in [1.165, 1.54) is 12.8 Å². The third-order valence-corrected chi connectivity index (χ3v) is 2.92. The van der Waals surface area contributed by atoms with Crippen LogP contribution in [0.1, 0.15) is 31.6 Å². The second-order valence-electron chi connectivity index (χ2n) is 4.33. The first-order chi connectivity index (χ1) is 8.66. The molecule has 2 heterocycles. The fourth-order valence-electron chi connectivity index (χ4n) is 1.94. The maximum atomic E-state index is 12.1. The Bertz CT molecular complexity index is 401. The SMILES string of the molecule is O=C(Cc1nc(N2CCCCCC2)no1)C(F)F. The van der Waals surface area contributed by atoms with Crippen molar-refractivity contribution < 1.29 is 18.1 Å². The first kappa shape index (κ1) is 12.9. The lowest BCUT2D eigenvalue weighted by atomic mass is 10.2. The lowest BCUT2D eigenvalue weighted by Crippen LogP contribution is -2.25. The van der Waals surface area contributed by atoms with E-state index in [1.54, 1.807) is 0 Å². The van der Waals surface area contributed by atoms with Gasteiger partial charge in [0.05, 0.1) is 6.42 Å². The molecule has 18 heavy (non-hydrogen) atoms. The van der Waals surface area contributed by atoms with E-state index in [1.807, 2.05) is 4.90 Å². The largest absolute Gasteiger partial charge is 0.338 e. The summed E-state index contributed by atoms with van der Waals surface area (Å²) in [6.45, 7) is 1.67. The van der Waals surface area contributed by atoms with Gasteiger partial charge in [0, 0.05) is 13.1 Å². The highest BCUT2D eigenvalue weighted by atomic mass is 19.3. The number of hydrogen-bond donors (Lipinski definition) is 0. The van der Waals surface area contributed by atoms with E-state index >= 15 is 0 Å². The summed E-state index contributed by atoms with van der Waals surface area (Å²) < 4.78 is 29.0. The highest BCUT2D eigenvalue weighted by Gasteiger charge is 2.21. The van der Waals surface area contributed by atoms with Crippen LogP contribution >= 0.6 is 0 Å². The monoisotopic (exact) mass is 259 g/mol. The molecule has 0 N–H and O–H groups in total. The van der Waals surface area contributed by atoms with Gasteiger partial charge in [-0.2, -0.15) is 4.98 Å². The van der Waals surface area contributed by atoms with Gasteiger partial charge in [-0.05, 0) is 18.0 Å². The van der Waals surface area contributed by atoms with Crippen LogP contribution in [0, 0.1) is 0 Å². The van der Waals surface area contributed by atoms with E-state index in [2.05, 4.69) is 10.1 Å². The van der Waals surface area contributed by atoms with Gasteiger partial charge in [0.25, 0.3) is 12.4 Å². The molecule has 7 heteroatoms. The number of anilines is 1. The quantitative estimate of drug-likeness (QED) is 0.825. The Labute approximate surface area is 103 Å². The van der Waals surface area contributed by atoms with Gasteiger partial charge in [0.2, 0.25) is 11.7 Å². The minimum absolute atomic E-state index is 0.0421. The summed E-state index contributed by atoms with van der Waals surface area (Å²) in [5.41, 5.74) is 0. The molecule has 1 fully saturated rings. The van der Waals surface area contributed by atoms with Crippen LogP contribution in [-0.4, -0.2) is 35.4 Å². The van der Waals surface area contributed by atoms with Crippen molar-refractivity contribution in [1.29, 1.82) is 0 Å². The maximum absolute atomic E-state index is 12.1. The number of nitrogens with zero attached hydrogens (tertiary/aromatic N) is 3. The van der Waals surface area contributed by atoms with Gasteiger partial charge in [-0.25, -0.2) is 8.78 Å². The molecular formula is C11H15F2N3O2. The summed E-state index contributed by atoms with van der Waals surface area (Å²) in [5, 5.41) is 3.74. The first-order valence-electron chi connectivity index (χ1n) is 6.05. The third kappa shape index (κ3) is 3.24. The zero-order valence-corrected chi connectivity index (χ0v) is 9.94. The van der Waals surface area contributed by atoms with Crippen LogP contribution in [0.5, 0.6) is 0 Å². The van der Waals surface area contributed by atoms with Crippen molar-refractivity contribution in [2.45, 2.75) is 38.5 Å². The molecular weight excluding hydrogens is 244 g/mol. The molecule has 0 aromatic carbocycles. The third-order valence-electron chi connectivity index (χ3n) is 2.92. The van der Waals surface area contributed by atoms with Crippen molar-refractivity contribution in [1.82, 2.24) is 10.1 Å². The van der Waals surface area contributed by atoms with E-state index in [0.717, 1.165) is 25.9 Å². The van der Waals surface area contributed by atoms with Crippen LogP contribution in [0.3, 0.4) is 0 Å². The van der Waals surface area contributed by atoms with Crippen molar-refractivity contribution in [2.75, 3.05) is 18.0 Å². The number of ketones is 1. The smallest absolute Gasteiger partial charge is 0.296 e. The number of rotatable bonds is 4. The van der Waals surface area contributed by atoms with E-state index in [4.69, 9.17) is 4.52 Å². The lowest BCUT2D eigenvalue weighted by molar-refractivity contribution is -0.129. The van der Waals surface area contributed by atoms with Gasteiger partial charge in [-0.3, -0.25) is 4.79 Å². The van der Waals surface area contributed by atoms with Crippen molar-refractivity contribution in [2.24, 2.45) is 0 Å². The van der Waals surface area contributed by atoms with Crippen LogP contribution in [-0.2, 0) is 11.2 Å². The second kappa shape index (κ2) is 5.88. The van der Waals surface area contributed by atoms with Crippen LogP contribution in [0.4, 0.5) is 14.7 Å². The Balaban J connectivity index is 1.98. The average molecular weight is 259 g/mol. The lowest BCUT2D eigenvalue weighted by Gasteiger charge is -2.16. The molecule has 0 bridgehead atoms. The molecule has 0 amide bonds. The molecule has 1 saturated heterocycles. The summed E-state index contributed by atoms with van der Waals surface area (Å²) in [7, 11) is 0. The zero-order valence-electron chi connectivity index (χ0n) is 9.94. The highest BCUT2D eigenvalue weighted by Crippen LogP contribution is 2.16. The molecule has 0 aliphatic carbocycles. The minimum Gasteiger partial charge on any atom is -0.338 e. The average Bonchev–Trinajstić information content (AvgIpc) is 2.63. The normalized spacial score (nSPS) is 16.9. The van der Waals surface area contributed by atoms with E-state index < -0.39 is 18.6 Å². The number of aromatic nitrogens is 2. The van der Waals surface area contributed by atoms with Gasteiger partial charge in [0.1, 0.15) is 0 Å². The summed E-state index contributed by atoms with van der Waals surface area (Å²) in [5.74, 6) is -0.838. The van der Waals surface area contributed by atoms with Crippen molar-refractivity contribution in [3.05, 3.63) is 5.89 Å². The Hall–Kier alpha value is -1.53. The number of halogens is 2. The molecule has 0 saturated carbocycles. The zero-order chi connectivity index (χ0) is 13.0. The molecule has 1 aromatic heterocycles. The molecule has 0 unspecified atom stereocenters. The van der Waals surface area contributed by atoms with Gasteiger partial charge >= 0.3 is 0 Å². The molecule has 0 spiro atoms. The highest BCUT2D eigenvalue weighted by molar-refractivity contribution is 5.82. The molecule has 0 radical (unpaired) electrons. The molecule has 100 valence electrons. The second-order valence-corrected chi connectivity index (χ2v) is 4.33. The summed E-state index contributed by atoms with van der Waals surface area (Å²) in [6, 6.07) is 0. The number of alkyl halides is 2. The molecule has 2 rings (SSSR count). The molecule has 1 aliphatic heterocycles. The fraction of sp³-hybridized carbons (Fsp3) is 0.727. The standard InChI is InChI=1S/C11H15F2N3O2/c12-10(13)8(17)7-9-14-11(15-18-9)16-5-3-1-2-4-6-16/h10H,1-7H2. The van der Waals surface area contributed by atoms with Gasteiger partial charge in [-0.15, -0.1) is 0 Å². The van der Waals surface area contributed by atoms with Gasteiger partial charge < -0.3 is 9.42 Å². The Morgan fingerprint density at radius 1 is 1.28 bits per heavy atom. The number of Topliss-reactive ketones (excluding diaryl/α,β-unsaturated/α-hetero) is 1. The topological polar surface area (TPSA) is 59.2 Å². The van der Waals surface area contributed by atoms with Gasteiger partial charge in [0.15, 0.2) is 0 Å². The van der Waals surface area contributed by atoms with E-state index in [-0.39, 0.29) is 5.89 Å². The Morgan fingerprint density at radius 2 is 1.94 bits per heavy atom. The van der Waals surface area contributed by atoms with Crippen molar-refractivity contribution in [3.8, 4) is 0 Å². The van der Waals surface area contributed by atoms with Crippen LogP contribution in [0.2, 0.25) is 0 Å². The number of carbonyl (C=O) groups excluding carboxylic acids is 1. The van der Waals surface area contributed by atoms with Crippen molar-refractivity contribution in [3.63, 3.8) is 0 Å². The number of hydrogen-bond acceptors (Lipinski definition) is 5. The minimum atomic E-state index is -2.99. The summed E-state index contributed by atoms with van der Waals surface area (Å²) in [6.07, 6.45) is 0.965. The Morgan fingerprint density at radius 3 is 2.56 bits per heavy atom. The van der Waals surface area contributed by atoms with Crippen LogP contribution < -0.4 is 4.90 Å². The van der Waals surface area contributed by atoms with E-state index in [9.17, 15) is 13.6 Å². The van der Waals surface area contributed by atoms with E-state index in [0.29, 0.717) is 5.95 Å².